The highest BCUT2D eigenvalue weighted by atomic mass is 28.2. The predicted molar refractivity (Wildman–Crippen MR) is 80.5 cm³/mol. The van der Waals surface area contributed by atoms with E-state index in [0.717, 1.165) is 23.3 Å². The van der Waals surface area contributed by atoms with Crippen molar-refractivity contribution in [3.63, 3.8) is 0 Å². The van der Waals surface area contributed by atoms with E-state index < -0.39 is 0 Å². The second-order valence-corrected chi connectivity index (χ2v) is 7.43. The molecule has 0 spiro atoms. The van der Waals surface area contributed by atoms with Gasteiger partial charge >= 0.3 is 0 Å². The maximum absolute atomic E-state index is 9.63. The molecular weight excluding hydrogens is 240 g/mol. The predicted octanol–water partition coefficient (Wildman–Crippen LogP) is 2.38. The molecule has 1 atom stereocenters. The topological polar surface area (TPSA) is 29.5 Å². The molecule has 0 heterocycles. The van der Waals surface area contributed by atoms with Crippen LogP contribution >= 0.6 is 0 Å². The van der Waals surface area contributed by atoms with E-state index in [-0.39, 0.29) is 11.7 Å². The highest BCUT2D eigenvalue weighted by molar-refractivity contribution is 5.98. The lowest BCUT2D eigenvalue weighted by Crippen LogP contribution is -2.56. The van der Waals surface area contributed by atoms with Crippen molar-refractivity contribution in [1.29, 1.82) is 0 Å². The van der Waals surface area contributed by atoms with E-state index in [1.165, 1.54) is 0 Å². The van der Waals surface area contributed by atoms with Crippen LogP contribution in [-0.2, 0) is 4.43 Å². The fourth-order valence-electron chi connectivity index (χ4n) is 4.40. The fraction of sp³-hybridized carbons (Fsp3) is 1.00. The van der Waals surface area contributed by atoms with Crippen LogP contribution in [0.15, 0.2) is 0 Å². The van der Waals surface area contributed by atoms with Gasteiger partial charge in [0.15, 0.2) is 0 Å². The van der Waals surface area contributed by atoms with Gasteiger partial charge in [-0.1, -0.05) is 41.5 Å². The van der Waals surface area contributed by atoms with Crippen molar-refractivity contribution in [2.75, 3.05) is 0 Å². The molecule has 1 rings (SSSR count). The largest absolute Gasteiger partial charge is 0.422 e. The summed E-state index contributed by atoms with van der Waals surface area (Å²) >= 11 is 0. The molecule has 0 saturated heterocycles. The summed E-state index contributed by atoms with van der Waals surface area (Å²) < 4.78 is 6.23. The first-order chi connectivity index (χ1) is 8.27. The molecule has 0 aliphatic heterocycles. The highest BCUT2D eigenvalue weighted by Gasteiger charge is 2.51. The molecule has 108 valence electrons. The van der Waals surface area contributed by atoms with Gasteiger partial charge in [0.2, 0.25) is 0 Å². The van der Waals surface area contributed by atoms with Gasteiger partial charge in [-0.25, -0.2) is 0 Å². The Labute approximate surface area is 116 Å². The zero-order valence-corrected chi connectivity index (χ0v) is 15.2. The SMILES string of the molecule is CC(C)C([C@H]1C[C@@H](O)C1)C(O[SiH3])(C(C)C)C(C)C. The van der Waals surface area contributed by atoms with E-state index in [1.807, 2.05) is 0 Å². The van der Waals surface area contributed by atoms with Gasteiger partial charge in [0, 0.05) is 0 Å². The summed E-state index contributed by atoms with van der Waals surface area (Å²) in [6, 6.07) is 0. The zero-order valence-electron chi connectivity index (χ0n) is 13.2. The first-order valence-electron chi connectivity index (χ1n) is 7.50. The average Bonchev–Trinajstić information content (AvgIpc) is 2.20. The monoisotopic (exact) mass is 272 g/mol. The summed E-state index contributed by atoms with van der Waals surface area (Å²) in [4.78, 5) is 0. The van der Waals surface area contributed by atoms with Gasteiger partial charge in [-0.3, -0.25) is 0 Å². The highest BCUT2D eigenvalue weighted by Crippen LogP contribution is 2.50. The maximum atomic E-state index is 9.63. The van der Waals surface area contributed by atoms with Crippen molar-refractivity contribution in [3.05, 3.63) is 0 Å². The molecule has 2 nitrogen and oxygen atoms in total. The van der Waals surface area contributed by atoms with Crippen molar-refractivity contribution < 1.29 is 9.53 Å². The third-order valence-corrected chi connectivity index (χ3v) is 5.76. The Hall–Kier alpha value is 0.137. The van der Waals surface area contributed by atoms with Crippen LogP contribution in [0.3, 0.4) is 0 Å². The summed E-state index contributed by atoms with van der Waals surface area (Å²) in [5, 5.41) is 9.63. The summed E-state index contributed by atoms with van der Waals surface area (Å²) in [7, 11) is 0.790. The number of hydrogen-bond acceptors (Lipinski definition) is 2. The molecule has 1 saturated carbocycles. The Kier molecular flexibility index (Phi) is 5.45. The van der Waals surface area contributed by atoms with Gasteiger partial charge in [0.25, 0.3) is 0 Å². The molecule has 0 aromatic carbocycles. The van der Waals surface area contributed by atoms with Crippen LogP contribution in [0.2, 0.25) is 0 Å². The quantitative estimate of drug-likeness (QED) is 0.752. The average molecular weight is 273 g/mol. The third-order valence-electron chi connectivity index (χ3n) is 5.06. The summed E-state index contributed by atoms with van der Waals surface area (Å²) in [5.74, 6) is 2.87. The number of aliphatic hydroxyl groups is 1. The lowest BCUT2D eigenvalue weighted by molar-refractivity contribution is -0.135. The number of rotatable bonds is 6. The van der Waals surface area contributed by atoms with E-state index in [4.69, 9.17) is 4.43 Å². The normalized spacial score (nSPS) is 27.0. The molecular formula is C15H32O2Si. The van der Waals surface area contributed by atoms with Crippen LogP contribution in [-0.4, -0.2) is 27.3 Å². The molecule has 18 heavy (non-hydrogen) atoms. The molecule has 1 fully saturated rings. The standard InChI is InChI=1S/C15H32O2Si/c1-9(2)14(12-7-13(16)8-12)15(17-18,10(3)4)11(5)6/h9-14,16H,7-8H2,1-6,18H3/t12-,13+,14?. The van der Waals surface area contributed by atoms with Gasteiger partial charge in [0.05, 0.1) is 11.7 Å². The number of hydrogen-bond donors (Lipinski definition) is 1. The second-order valence-electron chi connectivity index (χ2n) is 7.02. The minimum Gasteiger partial charge on any atom is -0.422 e. The van der Waals surface area contributed by atoms with Crippen LogP contribution in [0, 0.1) is 29.6 Å². The third kappa shape index (κ3) is 2.68. The van der Waals surface area contributed by atoms with Crippen LogP contribution < -0.4 is 0 Å². The molecule has 1 aliphatic rings. The van der Waals surface area contributed by atoms with Crippen molar-refractivity contribution >= 4 is 10.5 Å². The minimum absolute atomic E-state index is 0.00873. The first kappa shape index (κ1) is 16.2. The van der Waals surface area contributed by atoms with Crippen molar-refractivity contribution in [3.8, 4) is 0 Å². The first-order valence-corrected chi connectivity index (χ1v) is 8.32. The van der Waals surface area contributed by atoms with Crippen LogP contribution in [0.4, 0.5) is 0 Å². The smallest absolute Gasteiger partial charge is 0.146 e. The van der Waals surface area contributed by atoms with Crippen LogP contribution in [0.25, 0.3) is 0 Å². The minimum atomic E-state index is -0.0672. The molecule has 0 radical (unpaired) electrons. The Morgan fingerprint density at radius 2 is 1.50 bits per heavy atom. The van der Waals surface area contributed by atoms with E-state index in [9.17, 15) is 5.11 Å². The van der Waals surface area contributed by atoms with E-state index >= 15 is 0 Å². The zero-order chi connectivity index (χ0) is 14.1. The van der Waals surface area contributed by atoms with Gasteiger partial charge < -0.3 is 9.53 Å². The van der Waals surface area contributed by atoms with Crippen LogP contribution in [0.1, 0.15) is 54.4 Å². The lowest BCUT2D eigenvalue weighted by Gasteiger charge is -2.54. The van der Waals surface area contributed by atoms with Gasteiger partial charge in [0.1, 0.15) is 10.5 Å². The Morgan fingerprint density at radius 1 is 1.06 bits per heavy atom. The summed E-state index contributed by atoms with van der Waals surface area (Å²) in [6.07, 6.45) is 1.87. The molecule has 1 N–H and O–H groups in total. The molecule has 0 aromatic heterocycles. The Bertz CT molecular complexity index is 249. The fourth-order valence-corrected chi connectivity index (χ4v) is 5.62. The molecule has 1 unspecified atom stereocenters. The Morgan fingerprint density at radius 3 is 1.72 bits per heavy atom. The molecule has 3 heteroatoms. The Balaban J connectivity index is 3.05. The van der Waals surface area contributed by atoms with E-state index in [1.54, 1.807) is 0 Å². The van der Waals surface area contributed by atoms with Gasteiger partial charge in [-0.15, -0.1) is 0 Å². The second kappa shape index (κ2) is 6.06. The number of aliphatic hydroxyl groups excluding tert-OH is 1. The summed E-state index contributed by atoms with van der Waals surface area (Å²) in [6.45, 7) is 13.8. The van der Waals surface area contributed by atoms with Crippen LogP contribution in [0.5, 0.6) is 0 Å². The van der Waals surface area contributed by atoms with Crippen molar-refractivity contribution in [1.82, 2.24) is 0 Å². The molecule has 1 aliphatic carbocycles. The van der Waals surface area contributed by atoms with E-state index in [0.29, 0.717) is 29.6 Å². The lowest BCUT2D eigenvalue weighted by atomic mass is 9.57. The summed E-state index contributed by atoms with van der Waals surface area (Å²) in [5.41, 5.74) is -0.00873. The molecule has 0 bridgehead atoms. The maximum Gasteiger partial charge on any atom is 0.146 e. The van der Waals surface area contributed by atoms with Gasteiger partial charge in [-0.05, 0) is 42.4 Å². The van der Waals surface area contributed by atoms with Crippen molar-refractivity contribution in [2.24, 2.45) is 29.6 Å². The van der Waals surface area contributed by atoms with Gasteiger partial charge in [-0.2, -0.15) is 0 Å². The van der Waals surface area contributed by atoms with Crippen molar-refractivity contribution in [2.45, 2.75) is 66.1 Å². The molecule has 0 aromatic rings. The molecule has 0 amide bonds. The van der Waals surface area contributed by atoms with E-state index in [2.05, 4.69) is 41.5 Å².